The minimum absolute atomic E-state index is 0.00442. The van der Waals surface area contributed by atoms with E-state index in [2.05, 4.69) is 20.8 Å². The highest BCUT2D eigenvalue weighted by atomic mass is 16.3. The molecule has 1 heterocycles. The fraction of sp³-hybridized carbons (Fsp3) is 0.333. The van der Waals surface area contributed by atoms with E-state index in [0.29, 0.717) is 11.1 Å². The van der Waals surface area contributed by atoms with Crippen LogP contribution >= 0.6 is 0 Å². The van der Waals surface area contributed by atoms with Gasteiger partial charge in [-0.15, -0.1) is 0 Å². The quantitative estimate of drug-likeness (QED) is 0.851. The fourth-order valence-corrected chi connectivity index (χ4v) is 3.47. The Labute approximate surface area is 148 Å². The van der Waals surface area contributed by atoms with Crippen LogP contribution in [0.25, 0.3) is 0 Å². The number of phenols is 1. The van der Waals surface area contributed by atoms with Crippen LogP contribution in [0.3, 0.4) is 0 Å². The zero-order valence-electron chi connectivity index (χ0n) is 14.9. The Morgan fingerprint density at radius 2 is 1.84 bits per heavy atom. The molecule has 1 N–H and O–H groups in total. The summed E-state index contributed by atoms with van der Waals surface area (Å²) in [6.45, 7) is 6.21. The highest BCUT2D eigenvalue weighted by Crippen LogP contribution is 2.37. The average Bonchev–Trinajstić information content (AvgIpc) is 2.57. The van der Waals surface area contributed by atoms with E-state index in [4.69, 9.17) is 0 Å². The summed E-state index contributed by atoms with van der Waals surface area (Å²) < 4.78 is 0. The van der Waals surface area contributed by atoms with Crippen molar-refractivity contribution in [3.8, 4) is 5.75 Å². The number of carbonyl (C=O) groups excluding carboxylic acids is 2. The maximum atomic E-state index is 13.1. The van der Waals surface area contributed by atoms with Gasteiger partial charge < -0.3 is 5.11 Å². The molecule has 0 atom stereocenters. The van der Waals surface area contributed by atoms with Crippen molar-refractivity contribution < 1.29 is 14.7 Å². The molecular formula is C21H23NO3. The summed E-state index contributed by atoms with van der Waals surface area (Å²) >= 11 is 0. The van der Waals surface area contributed by atoms with Crippen molar-refractivity contribution in [3.63, 3.8) is 0 Å². The SMILES string of the molecule is CCCc1cccc(C(C)C)c1N1C(=O)Cc2c(O)cccc2C1=O. The molecule has 1 aliphatic rings. The van der Waals surface area contributed by atoms with Crippen molar-refractivity contribution in [1.82, 2.24) is 0 Å². The van der Waals surface area contributed by atoms with E-state index >= 15 is 0 Å². The van der Waals surface area contributed by atoms with Crippen LogP contribution in [-0.4, -0.2) is 16.9 Å². The van der Waals surface area contributed by atoms with Crippen LogP contribution in [-0.2, 0) is 17.6 Å². The van der Waals surface area contributed by atoms with Gasteiger partial charge in [0.25, 0.3) is 5.91 Å². The number of fused-ring (bicyclic) bond motifs is 1. The lowest BCUT2D eigenvalue weighted by molar-refractivity contribution is -0.117. The van der Waals surface area contributed by atoms with E-state index in [0.717, 1.165) is 29.7 Å². The van der Waals surface area contributed by atoms with Crippen LogP contribution in [0, 0.1) is 0 Å². The molecule has 2 aromatic carbocycles. The van der Waals surface area contributed by atoms with Gasteiger partial charge in [-0.05, 0) is 35.6 Å². The van der Waals surface area contributed by atoms with E-state index in [-0.39, 0.29) is 29.9 Å². The summed E-state index contributed by atoms with van der Waals surface area (Å²) in [6, 6.07) is 10.8. The van der Waals surface area contributed by atoms with Crippen molar-refractivity contribution in [2.45, 2.75) is 46.0 Å². The van der Waals surface area contributed by atoms with E-state index in [9.17, 15) is 14.7 Å². The molecule has 0 saturated carbocycles. The molecule has 130 valence electrons. The largest absolute Gasteiger partial charge is 0.508 e. The molecule has 4 heteroatoms. The van der Waals surface area contributed by atoms with Gasteiger partial charge in [-0.3, -0.25) is 9.59 Å². The molecule has 0 fully saturated rings. The normalized spacial score (nSPS) is 14.2. The first-order valence-electron chi connectivity index (χ1n) is 8.75. The second-order valence-electron chi connectivity index (χ2n) is 6.77. The molecule has 0 spiro atoms. The van der Waals surface area contributed by atoms with Gasteiger partial charge in [0.05, 0.1) is 12.1 Å². The van der Waals surface area contributed by atoms with E-state index < -0.39 is 0 Å². The van der Waals surface area contributed by atoms with Gasteiger partial charge in [-0.25, -0.2) is 4.90 Å². The number of imide groups is 1. The minimum Gasteiger partial charge on any atom is -0.508 e. The highest BCUT2D eigenvalue weighted by Gasteiger charge is 2.36. The second-order valence-corrected chi connectivity index (χ2v) is 6.77. The molecule has 0 saturated heterocycles. The van der Waals surface area contributed by atoms with Crippen LogP contribution in [0.4, 0.5) is 5.69 Å². The number of carbonyl (C=O) groups is 2. The summed E-state index contributed by atoms with van der Waals surface area (Å²) in [7, 11) is 0. The first kappa shape index (κ1) is 17.2. The molecule has 0 aromatic heterocycles. The summed E-state index contributed by atoms with van der Waals surface area (Å²) in [5, 5.41) is 10.0. The molecule has 0 bridgehead atoms. The van der Waals surface area contributed by atoms with Crippen molar-refractivity contribution >= 4 is 17.5 Å². The molecule has 0 unspecified atom stereocenters. The first-order valence-corrected chi connectivity index (χ1v) is 8.75. The summed E-state index contributed by atoms with van der Waals surface area (Å²) in [4.78, 5) is 27.3. The lowest BCUT2D eigenvalue weighted by Crippen LogP contribution is -2.43. The number of hydrogen-bond acceptors (Lipinski definition) is 3. The highest BCUT2D eigenvalue weighted by molar-refractivity contribution is 6.25. The van der Waals surface area contributed by atoms with Crippen molar-refractivity contribution in [3.05, 3.63) is 58.7 Å². The zero-order chi connectivity index (χ0) is 18.1. The first-order chi connectivity index (χ1) is 12.0. The number of benzene rings is 2. The number of para-hydroxylation sites is 1. The number of aryl methyl sites for hydroxylation is 1. The molecule has 25 heavy (non-hydrogen) atoms. The van der Waals surface area contributed by atoms with Crippen molar-refractivity contribution in [1.29, 1.82) is 0 Å². The molecule has 4 nitrogen and oxygen atoms in total. The standard InChI is InChI=1S/C21H23NO3/c1-4-7-14-8-5-9-15(13(2)3)20(14)22-19(24)12-17-16(21(22)25)10-6-11-18(17)23/h5-6,8-11,13,23H,4,7,12H2,1-3H3. The van der Waals surface area contributed by atoms with Crippen LogP contribution in [0.2, 0.25) is 0 Å². The van der Waals surface area contributed by atoms with Gasteiger partial charge in [-0.1, -0.05) is 51.5 Å². The van der Waals surface area contributed by atoms with Gasteiger partial charge in [0.15, 0.2) is 0 Å². The Balaban J connectivity index is 2.20. The van der Waals surface area contributed by atoms with Crippen LogP contribution < -0.4 is 4.90 Å². The van der Waals surface area contributed by atoms with Crippen LogP contribution in [0.5, 0.6) is 5.75 Å². The third-order valence-corrected chi connectivity index (χ3v) is 4.68. The zero-order valence-corrected chi connectivity index (χ0v) is 14.9. The Morgan fingerprint density at radius 1 is 1.12 bits per heavy atom. The average molecular weight is 337 g/mol. The van der Waals surface area contributed by atoms with Crippen molar-refractivity contribution in [2.75, 3.05) is 4.90 Å². The van der Waals surface area contributed by atoms with Gasteiger partial charge in [0.2, 0.25) is 5.91 Å². The molecule has 3 rings (SSSR count). The fourth-order valence-electron chi connectivity index (χ4n) is 3.47. The van der Waals surface area contributed by atoms with Crippen molar-refractivity contribution in [2.24, 2.45) is 0 Å². The Hall–Kier alpha value is -2.62. The number of nitrogens with zero attached hydrogens (tertiary/aromatic N) is 1. The molecule has 0 aliphatic carbocycles. The molecule has 2 aromatic rings. The number of amides is 2. The van der Waals surface area contributed by atoms with Crippen LogP contribution in [0.1, 0.15) is 60.2 Å². The molecule has 0 radical (unpaired) electrons. The third-order valence-electron chi connectivity index (χ3n) is 4.68. The van der Waals surface area contributed by atoms with E-state index in [1.54, 1.807) is 12.1 Å². The Kier molecular flexibility index (Phi) is 4.62. The molecule has 1 aliphatic heterocycles. The third kappa shape index (κ3) is 2.93. The number of rotatable bonds is 4. The maximum Gasteiger partial charge on any atom is 0.265 e. The summed E-state index contributed by atoms with van der Waals surface area (Å²) in [5.41, 5.74) is 3.56. The van der Waals surface area contributed by atoms with Crippen LogP contribution in [0.15, 0.2) is 36.4 Å². The van der Waals surface area contributed by atoms with Gasteiger partial charge in [-0.2, -0.15) is 0 Å². The number of aromatic hydroxyl groups is 1. The lowest BCUT2D eigenvalue weighted by atomic mass is 9.91. The van der Waals surface area contributed by atoms with Gasteiger partial charge in [0, 0.05) is 11.1 Å². The summed E-state index contributed by atoms with van der Waals surface area (Å²) in [6.07, 6.45) is 1.77. The predicted octanol–water partition coefficient (Wildman–Crippen LogP) is 4.20. The Morgan fingerprint density at radius 3 is 2.52 bits per heavy atom. The lowest BCUT2D eigenvalue weighted by Gasteiger charge is -2.31. The number of phenolic OH excluding ortho intramolecular Hbond substituents is 1. The summed E-state index contributed by atoms with van der Waals surface area (Å²) in [5.74, 6) is -0.445. The van der Waals surface area contributed by atoms with E-state index in [1.165, 1.54) is 11.0 Å². The molecule has 2 amide bonds. The predicted molar refractivity (Wildman–Crippen MR) is 98.2 cm³/mol. The topological polar surface area (TPSA) is 57.6 Å². The minimum atomic E-state index is -0.354. The Bertz CT molecular complexity index is 839. The van der Waals surface area contributed by atoms with Gasteiger partial charge >= 0.3 is 0 Å². The second kappa shape index (κ2) is 6.71. The number of hydrogen-bond donors (Lipinski definition) is 1. The maximum absolute atomic E-state index is 13.1. The monoisotopic (exact) mass is 337 g/mol. The molecular weight excluding hydrogens is 314 g/mol. The smallest absolute Gasteiger partial charge is 0.265 e. The van der Waals surface area contributed by atoms with Gasteiger partial charge in [0.1, 0.15) is 5.75 Å². The number of anilines is 1. The van der Waals surface area contributed by atoms with E-state index in [1.807, 2.05) is 18.2 Å².